The zero-order chi connectivity index (χ0) is 19.0. The smallest absolute Gasteiger partial charge is 0.312 e. The second-order valence-electron chi connectivity index (χ2n) is 8.53. The van der Waals surface area contributed by atoms with E-state index in [1.165, 1.54) is 12.0 Å². The quantitative estimate of drug-likeness (QED) is 0.569. The lowest BCUT2D eigenvalue weighted by Crippen LogP contribution is -2.47. The Labute approximate surface area is 155 Å². The maximum Gasteiger partial charge on any atom is 0.312 e. The fourth-order valence-corrected chi connectivity index (χ4v) is 3.39. The summed E-state index contributed by atoms with van der Waals surface area (Å²) in [7, 11) is 0. The van der Waals surface area contributed by atoms with Gasteiger partial charge in [-0.2, -0.15) is 0 Å². The maximum atomic E-state index is 12.1. The average Bonchev–Trinajstić information content (AvgIpc) is 3.17. The van der Waals surface area contributed by atoms with Crippen LogP contribution in [0.3, 0.4) is 0 Å². The van der Waals surface area contributed by atoms with Gasteiger partial charge >= 0.3 is 5.97 Å². The molecule has 0 spiro atoms. The van der Waals surface area contributed by atoms with Crippen molar-refractivity contribution < 1.29 is 23.2 Å². The van der Waals surface area contributed by atoms with Crippen LogP contribution >= 0.6 is 12.0 Å². The van der Waals surface area contributed by atoms with Crippen LogP contribution in [-0.4, -0.2) is 53.6 Å². The molecule has 1 saturated heterocycles. The van der Waals surface area contributed by atoms with Gasteiger partial charge in [-0.15, -0.1) is 0 Å². The molecule has 2 fully saturated rings. The Morgan fingerprint density at radius 2 is 1.88 bits per heavy atom. The number of carbonyl (C=O) groups is 1. The number of esters is 1. The summed E-state index contributed by atoms with van der Waals surface area (Å²) in [5, 5.41) is 8.54. The van der Waals surface area contributed by atoms with Gasteiger partial charge in [0.15, 0.2) is 0 Å². The summed E-state index contributed by atoms with van der Waals surface area (Å²) in [6.45, 7) is 14.5. The molecule has 1 aliphatic carbocycles. The van der Waals surface area contributed by atoms with E-state index in [4.69, 9.17) is 23.8 Å². The average molecular weight is 374 g/mol. The van der Waals surface area contributed by atoms with Crippen molar-refractivity contribution in [3.63, 3.8) is 0 Å². The topological polar surface area (TPSA) is 77.8 Å². The molecule has 2 unspecified atom stereocenters. The maximum absolute atomic E-state index is 12.1. The van der Waals surface area contributed by atoms with E-state index in [0.29, 0.717) is 18.9 Å². The minimum absolute atomic E-state index is 0.101. The molecule has 1 heterocycles. The number of fused-ring (bicyclic) bond motifs is 1. The summed E-state index contributed by atoms with van der Waals surface area (Å²) in [5.74, 6) is -0.921. The first kappa shape index (κ1) is 20.7. The predicted molar refractivity (Wildman–Crippen MR) is 97.9 cm³/mol. The highest BCUT2D eigenvalue weighted by Crippen LogP contribution is 2.50. The Morgan fingerprint density at radius 1 is 1.24 bits per heavy atom. The molecule has 1 aliphatic heterocycles. The highest BCUT2D eigenvalue weighted by Gasteiger charge is 2.65. The Hall–Kier alpha value is -0.630. The molecule has 6 nitrogen and oxygen atoms in total. The second kappa shape index (κ2) is 7.55. The van der Waals surface area contributed by atoms with Crippen LogP contribution in [0, 0.1) is 17.2 Å². The largest absolute Gasteiger partial charge is 0.466 e. The fourth-order valence-electron chi connectivity index (χ4n) is 2.77. The van der Waals surface area contributed by atoms with Crippen LogP contribution in [0.4, 0.5) is 0 Å². The summed E-state index contributed by atoms with van der Waals surface area (Å²) in [5.41, 5.74) is 0.0994. The molecule has 7 heteroatoms. The van der Waals surface area contributed by atoms with Crippen LogP contribution in [0.5, 0.6) is 0 Å². The summed E-state index contributed by atoms with van der Waals surface area (Å²) in [6.07, 6.45) is -1.21. The van der Waals surface area contributed by atoms with Gasteiger partial charge in [0.2, 0.25) is 0 Å². The van der Waals surface area contributed by atoms with E-state index in [9.17, 15) is 4.79 Å². The summed E-state index contributed by atoms with van der Waals surface area (Å²) in [4.78, 5) is 12.1. The third kappa shape index (κ3) is 5.42. The first-order valence-corrected chi connectivity index (χ1v) is 9.57. The molecule has 25 heavy (non-hydrogen) atoms. The number of hydrogen-bond acceptors (Lipinski definition) is 7. The molecule has 1 saturated carbocycles. The molecule has 0 radical (unpaired) electrons. The first-order chi connectivity index (χ1) is 11.4. The molecule has 1 N–H and O–H groups in total. The van der Waals surface area contributed by atoms with E-state index in [0.717, 1.165) is 0 Å². The van der Waals surface area contributed by atoms with Crippen LogP contribution in [0.15, 0.2) is 0 Å². The van der Waals surface area contributed by atoms with Gasteiger partial charge in [0.05, 0.1) is 30.8 Å². The summed E-state index contributed by atoms with van der Waals surface area (Å²) < 4.78 is 22.9. The molecule has 2 rings (SSSR count). The monoisotopic (exact) mass is 373 g/mol. The van der Waals surface area contributed by atoms with Gasteiger partial charge in [-0.1, -0.05) is 0 Å². The van der Waals surface area contributed by atoms with E-state index >= 15 is 0 Å². The van der Waals surface area contributed by atoms with Gasteiger partial charge in [-0.3, -0.25) is 4.79 Å². The van der Waals surface area contributed by atoms with Crippen LogP contribution in [0.1, 0.15) is 48.5 Å². The minimum Gasteiger partial charge on any atom is -0.466 e. The molecule has 144 valence electrons. The van der Waals surface area contributed by atoms with E-state index in [1.54, 1.807) is 6.92 Å². The van der Waals surface area contributed by atoms with Crippen molar-refractivity contribution in [1.82, 2.24) is 0 Å². The normalized spacial score (nSPS) is 32.3. The van der Waals surface area contributed by atoms with Crippen molar-refractivity contribution in [2.24, 2.45) is 11.8 Å². The highest BCUT2D eigenvalue weighted by atomic mass is 32.2. The van der Waals surface area contributed by atoms with Crippen molar-refractivity contribution in [3.05, 3.63) is 0 Å². The van der Waals surface area contributed by atoms with Gasteiger partial charge in [0.25, 0.3) is 0 Å². The number of rotatable bonds is 6. The number of nitrogens with one attached hydrogen (secondary N) is 1. The third-order valence-corrected chi connectivity index (χ3v) is 4.73. The van der Waals surface area contributed by atoms with Crippen molar-refractivity contribution in [2.45, 2.75) is 77.1 Å². The number of ether oxygens (including phenoxy) is 3. The molecular formula is C18H31NO5S. The highest BCUT2D eigenvalue weighted by molar-refractivity contribution is 7.96. The van der Waals surface area contributed by atoms with Crippen LogP contribution in [0.25, 0.3) is 0 Å². The second-order valence-corrected chi connectivity index (χ2v) is 10.1. The van der Waals surface area contributed by atoms with Crippen LogP contribution in [-0.2, 0) is 23.2 Å². The zero-order valence-corrected chi connectivity index (χ0v) is 17.1. The zero-order valence-electron chi connectivity index (χ0n) is 16.3. The van der Waals surface area contributed by atoms with E-state index < -0.39 is 18.1 Å². The molecular weight excluding hydrogens is 342 g/mol. The Bertz CT molecular complexity index is 511. The van der Waals surface area contributed by atoms with Crippen molar-refractivity contribution in [3.8, 4) is 0 Å². The lowest BCUT2D eigenvalue weighted by molar-refractivity contribution is -0.147. The minimum atomic E-state index is -0.521. The number of carbonyl (C=O) groups excluding carboxylic acids is 1. The van der Waals surface area contributed by atoms with Gasteiger partial charge in [0, 0.05) is 16.4 Å². The van der Waals surface area contributed by atoms with Crippen molar-refractivity contribution in [1.29, 1.82) is 5.41 Å². The lowest BCUT2D eigenvalue weighted by Gasteiger charge is -2.34. The molecule has 0 bridgehead atoms. The predicted octanol–water partition coefficient (Wildman–Crippen LogP) is 3.23. The van der Waals surface area contributed by atoms with E-state index in [1.807, 2.05) is 41.5 Å². The van der Waals surface area contributed by atoms with Gasteiger partial charge < -0.3 is 23.8 Å². The molecule has 0 aromatic rings. The van der Waals surface area contributed by atoms with E-state index in [-0.39, 0.29) is 28.3 Å². The van der Waals surface area contributed by atoms with Crippen LogP contribution in [0.2, 0.25) is 0 Å². The Balaban J connectivity index is 2.09. The molecule has 2 aliphatic rings. The SMILES string of the molecule is CCOC(=O)C1C2C(=N)[C@H](OSC(C)(C)C)[C@@H](COC(C)(C)C)O[C@@H]21. The van der Waals surface area contributed by atoms with Crippen LogP contribution < -0.4 is 0 Å². The molecule has 0 aromatic carbocycles. The van der Waals surface area contributed by atoms with Crippen molar-refractivity contribution in [2.75, 3.05) is 13.2 Å². The molecule has 0 aromatic heterocycles. The number of hydrogen-bond donors (Lipinski definition) is 1. The summed E-state index contributed by atoms with van der Waals surface area (Å²) in [6, 6.07) is 0. The van der Waals surface area contributed by atoms with Gasteiger partial charge in [-0.25, -0.2) is 0 Å². The molecule has 0 amide bonds. The standard InChI is InChI=1S/C18H31NO5S/c1-8-21-16(20)12-11-13(19)14(24-25-18(5,6)7)10(23-15(11)12)9-22-17(2,3)4/h10-12,14-15,19H,8-9H2,1-7H3/t10-,11?,12?,14-,15+/m1/s1. The Morgan fingerprint density at radius 3 is 2.40 bits per heavy atom. The lowest BCUT2D eigenvalue weighted by atomic mass is 10.0. The van der Waals surface area contributed by atoms with E-state index in [2.05, 4.69) is 0 Å². The Kier molecular flexibility index (Phi) is 6.24. The van der Waals surface area contributed by atoms with Crippen molar-refractivity contribution >= 4 is 23.7 Å². The summed E-state index contributed by atoms with van der Waals surface area (Å²) >= 11 is 1.33. The van der Waals surface area contributed by atoms with Gasteiger partial charge in [0.1, 0.15) is 12.2 Å². The fraction of sp³-hybridized carbons (Fsp3) is 0.889. The van der Waals surface area contributed by atoms with Gasteiger partial charge in [-0.05, 0) is 60.5 Å². The molecule has 5 atom stereocenters. The first-order valence-electron chi connectivity index (χ1n) is 8.83. The third-order valence-electron chi connectivity index (χ3n) is 3.93.